The fraction of sp³-hybridized carbons (Fsp3) is 0.500. The van der Waals surface area contributed by atoms with E-state index in [2.05, 4.69) is 35.7 Å². The number of aliphatic hydroxyl groups is 1. The number of cyclic esters (lactones) is 1. The van der Waals surface area contributed by atoms with Crippen molar-refractivity contribution in [1.29, 1.82) is 0 Å². The minimum Gasteiger partial charge on any atom is -0.462 e. The second-order valence-electron chi connectivity index (χ2n) is 9.50. The van der Waals surface area contributed by atoms with Gasteiger partial charge in [-0.2, -0.15) is 0 Å². The first-order valence-electron chi connectivity index (χ1n) is 11.5. The smallest absolute Gasteiger partial charge is 0.309 e. The van der Waals surface area contributed by atoms with Gasteiger partial charge < -0.3 is 15.2 Å². The Morgan fingerprint density at radius 2 is 2.10 bits per heavy atom. The number of benzene rings is 1. The average molecular weight is 440 g/mol. The van der Waals surface area contributed by atoms with Gasteiger partial charge in [0.2, 0.25) is 0 Å². The third-order valence-corrected chi connectivity index (χ3v) is 8.03. The summed E-state index contributed by atoms with van der Waals surface area (Å²) in [6.07, 6.45) is 12.1. The van der Waals surface area contributed by atoms with Crippen molar-refractivity contribution in [1.82, 2.24) is 5.32 Å². The van der Waals surface area contributed by atoms with E-state index in [1.807, 2.05) is 25.1 Å². The van der Waals surface area contributed by atoms with E-state index in [1.54, 1.807) is 0 Å². The van der Waals surface area contributed by atoms with Crippen molar-refractivity contribution < 1.29 is 14.6 Å². The molecule has 0 amide bonds. The Morgan fingerprint density at radius 1 is 1.23 bits per heavy atom. The molecule has 0 aromatic heterocycles. The summed E-state index contributed by atoms with van der Waals surface area (Å²) in [7, 11) is 0. The van der Waals surface area contributed by atoms with Crippen molar-refractivity contribution in [3.63, 3.8) is 0 Å². The lowest BCUT2D eigenvalue weighted by Gasteiger charge is -2.47. The number of fused-ring (bicyclic) bond motifs is 2. The Kier molecular flexibility index (Phi) is 5.70. The average Bonchev–Trinajstić information content (AvgIpc) is 3.05. The van der Waals surface area contributed by atoms with Crippen LogP contribution >= 0.6 is 11.6 Å². The van der Waals surface area contributed by atoms with Crippen molar-refractivity contribution in [3.05, 3.63) is 64.9 Å². The minimum atomic E-state index is -0.297. The highest BCUT2D eigenvalue weighted by Gasteiger charge is 2.55. The van der Waals surface area contributed by atoms with E-state index in [0.29, 0.717) is 5.92 Å². The number of rotatable bonds is 3. The van der Waals surface area contributed by atoms with Crippen LogP contribution in [0.3, 0.4) is 0 Å². The largest absolute Gasteiger partial charge is 0.462 e. The molecule has 5 rings (SSSR count). The standard InChI is InChI=1S/C26H30ClNO3/c1-15-25-21(20-6-3-7-24(29)22(20)13-23(25)26(30)31-15)11-10-19-9-8-17(14-28-19)16-4-2-5-18(27)12-16/h2,4-5,8-12,15,20-25,28-29H,3,6-7,13-14H2,1H3/b11-10+/t15-,20?,21+,22+,23-,24+,25+/m1/s1. The number of halogens is 1. The first-order valence-corrected chi connectivity index (χ1v) is 11.9. The molecule has 2 aliphatic carbocycles. The predicted octanol–water partition coefficient (Wildman–Crippen LogP) is 4.74. The SMILES string of the molecule is C[C@H]1OC(=O)[C@@H]2C[C@H]3C(CCC[C@@H]3O)[C@H](/C=C/C3=CC=C(c4cccc(Cl)c4)CN3)[C@H]12. The number of ether oxygens (including phenoxy) is 1. The first-order chi connectivity index (χ1) is 15.0. The van der Waals surface area contributed by atoms with E-state index in [-0.39, 0.29) is 41.8 Å². The second kappa shape index (κ2) is 8.48. The van der Waals surface area contributed by atoms with Crippen LogP contribution in [0, 0.1) is 29.6 Å². The van der Waals surface area contributed by atoms with Crippen LogP contribution in [-0.4, -0.2) is 29.8 Å². The maximum atomic E-state index is 12.5. The van der Waals surface area contributed by atoms with Crippen molar-refractivity contribution in [2.24, 2.45) is 29.6 Å². The molecule has 0 spiro atoms. The Bertz CT molecular complexity index is 952. The number of esters is 1. The highest BCUT2D eigenvalue weighted by molar-refractivity contribution is 6.30. The van der Waals surface area contributed by atoms with E-state index in [9.17, 15) is 9.90 Å². The third-order valence-electron chi connectivity index (χ3n) is 7.80. The Balaban J connectivity index is 1.39. The van der Waals surface area contributed by atoms with Gasteiger partial charge in [-0.3, -0.25) is 4.79 Å². The van der Waals surface area contributed by atoms with Crippen LogP contribution in [0.2, 0.25) is 5.02 Å². The number of carbonyl (C=O) groups excluding carboxylic acids is 1. The van der Waals surface area contributed by atoms with E-state index < -0.39 is 0 Å². The van der Waals surface area contributed by atoms with Crippen molar-refractivity contribution in [2.75, 3.05) is 6.54 Å². The molecule has 164 valence electrons. The molecule has 2 N–H and O–H groups in total. The van der Waals surface area contributed by atoms with E-state index in [0.717, 1.165) is 48.5 Å². The molecule has 5 heteroatoms. The van der Waals surface area contributed by atoms with Gasteiger partial charge in [-0.1, -0.05) is 42.3 Å². The van der Waals surface area contributed by atoms with Gasteiger partial charge in [0.05, 0.1) is 12.0 Å². The number of aliphatic hydroxyl groups excluding tert-OH is 1. The molecule has 1 aromatic carbocycles. The van der Waals surface area contributed by atoms with Gasteiger partial charge in [0.25, 0.3) is 0 Å². The third kappa shape index (κ3) is 3.96. The van der Waals surface area contributed by atoms with Crippen LogP contribution in [0.5, 0.6) is 0 Å². The van der Waals surface area contributed by atoms with E-state index in [1.165, 1.54) is 5.57 Å². The molecule has 7 atom stereocenters. The normalized spacial score (nSPS) is 37.4. The van der Waals surface area contributed by atoms with Crippen molar-refractivity contribution >= 4 is 23.1 Å². The van der Waals surface area contributed by atoms with Crippen LogP contribution in [-0.2, 0) is 9.53 Å². The fourth-order valence-corrected chi connectivity index (χ4v) is 6.52. The van der Waals surface area contributed by atoms with Crippen LogP contribution < -0.4 is 5.32 Å². The lowest BCUT2D eigenvalue weighted by atomic mass is 9.56. The van der Waals surface area contributed by atoms with Gasteiger partial charge >= 0.3 is 5.97 Å². The lowest BCUT2D eigenvalue weighted by Crippen LogP contribution is -2.47. The minimum absolute atomic E-state index is 0.0604. The first kappa shape index (κ1) is 20.8. The van der Waals surface area contributed by atoms with E-state index >= 15 is 0 Å². The highest BCUT2D eigenvalue weighted by Crippen LogP contribution is 2.53. The monoisotopic (exact) mass is 439 g/mol. The number of hydrogen-bond donors (Lipinski definition) is 2. The molecule has 4 aliphatic rings. The molecule has 1 aromatic rings. The van der Waals surface area contributed by atoms with Crippen LogP contribution in [0.15, 0.2) is 54.3 Å². The Hall–Kier alpha value is -2.04. The van der Waals surface area contributed by atoms with Gasteiger partial charge in [0.15, 0.2) is 0 Å². The summed E-state index contributed by atoms with van der Waals surface area (Å²) in [6.45, 7) is 2.77. The van der Waals surface area contributed by atoms with Gasteiger partial charge in [-0.25, -0.2) is 0 Å². The number of dihydropyridines is 1. The van der Waals surface area contributed by atoms with Gasteiger partial charge in [0, 0.05) is 23.2 Å². The number of allylic oxidation sites excluding steroid dienone is 4. The van der Waals surface area contributed by atoms with Crippen LogP contribution in [0.1, 0.15) is 38.2 Å². The summed E-state index contributed by atoms with van der Waals surface area (Å²) in [5.74, 6) is 0.917. The Morgan fingerprint density at radius 3 is 2.87 bits per heavy atom. The molecule has 31 heavy (non-hydrogen) atoms. The summed E-state index contributed by atoms with van der Waals surface area (Å²) in [5, 5.41) is 14.9. The van der Waals surface area contributed by atoms with E-state index in [4.69, 9.17) is 16.3 Å². The van der Waals surface area contributed by atoms with Crippen molar-refractivity contribution in [3.8, 4) is 0 Å². The van der Waals surface area contributed by atoms with Gasteiger partial charge in [0.1, 0.15) is 6.10 Å². The molecule has 0 bridgehead atoms. The fourth-order valence-electron chi connectivity index (χ4n) is 6.32. The molecule has 2 heterocycles. The molecule has 1 unspecified atom stereocenters. The molecule has 1 saturated heterocycles. The summed E-state index contributed by atoms with van der Waals surface area (Å²) >= 11 is 6.13. The number of nitrogens with one attached hydrogen (secondary N) is 1. The summed E-state index contributed by atoms with van der Waals surface area (Å²) in [6, 6.07) is 7.91. The highest BCUT2D eigenvalue weighted by atomic mass is 35.5. The zero-order valence-electron chi connectivity index (χ0n) is 17.8. The zero-order valence-corrected chi connectivity index (χ0v) is 18.6. The molecule has 3 fully saturated rings. The van der Waals surface area contributed by atoms with Crippen LogP contribution in [0.25, 0.3) is 5.57 Å². The van der Waals surface area contributed by atoms with Crippen molar-refractivity contribution in [2.45, 2.75) is 44.8 Å². The zero-order chi connectivity index (χ0) is 21.5. The quantitative estimate of drug-likeness (QED) is 0.668. The number of hydrogen-bond acceptors (Lipinski definition) is 4. The lowest BCUT2D eigenvalue weighted by molar-refractivity contribution is -0.145. The molecule has 4 nitrogen and oxygen atoms in total. The predicted molar refractivity (Wildman–Crippen MR) is 122 cm³/mol. The maximum Gasteiger partial charge on any atom is 0.309 e. The molecule has 2 aliphatic heterocycles. The van der Waals surface area contributed by atoms with Gasteiger partial charge in [-0.05, 0) is 79.4 Å². The maximum absolute atomic E-state index is 12.5. The summed E-state index contributed by atoms with van der Waals surface area (Å²) in [4.78, 5) is 12.5. The summed E-state index contributed by atoms with van der Waals surface area (Å²) < 4.78 is 5.64. The van der Waals surface area contributed by atoms with Gasteiger partial charge in [-0.15, -0.1) is 0 Å². The molecule has 0 radical (unpaired) electrons. The number of carbonyl (C=O) groups is 1. The molecule has 2 saturated carbocycles. The molecular formula is C26H30ClNO3. The second-order valence-corrected chi connectivity index (χ2v) is 9.94. The Labute approximate surface area is 189 Å². The topological polar surface area (TPSA) is 58.6 Å². The summed E-state index contributed by atoms with van der Waals surface area (Å²) in [5.41, 5.74) is 3.40. The van der Waals surface area contributed by atoms with Crippen LogP contribution in [0.4, 0.5) is 0 Å². The molecular weight excluding hydrogens is 410 g/mol.